The van der Waals surface area contributed by atoms with Gasteiger partial charge >= 0.3 is 0 Å². The minimum Gasteiger partial charge on any atom is -0.508 e. The van der Waals surface area contributed by atoms with Crippen LogP contribution in [0, 0.1) is 0 Å². The van der Waals surface area contributed by atoms with Crippen LogP contribution in [-0.2, 0) is 5.60 Å². The Bertz CT molecular complexity index is 535. The highest BCUT2D eigenvalue weighted by Gasteiger charge is 2.26. The summed E-state index contributed by atoms with van der Waals surface area (Å²) in [6.07, 6.45) is 3.17. The minimum absolute atomic E-state index is 0.165. The second-order valence-corrected chi connectivity index (χ2v) is 4.23. The summed E-state index contributed by atoms with van der Waals surface area (Å²) in [6.45, 7) is 1.68. The average Bonchev–Trinajstić information content (AvgIpc) is 2.39. The molecule has 2 N–H and O–H groups in total. The van der Waals surface area contributed by atoms with E-state index in [0.29, 0.717) is 16.9 Å². The van der Waals surface area contributed by atoms with E-state index >= 15 is 0 Å². The Morgan fingerprint density at radius 3 is 2.39 bits per heavy atom. The van der Waals surface area contributed by atoms with Crippen LogP contribution in [0.15, 0.2) is 42.7 Å². The number of aliphatic hydroxyl groups is 1. The topological polar surface area (TPSA) is 62.6 Å². The van der Waals surface area contributed by atoms with Gasteiger partial charge in [-0.1, -0.05) is 12.1 Å². The number of ether oxygens (including phenoxy) is 1. The number of nitrogens with zero attached hydrogens (tertiary/aromatic N) is 1. The molecule has 0 aliphatic rings. The summed E-state index contributed by atoms with van der Waals surface area (Å²) in [4.78, 5) is 4.03. The molecule has 2 aromatic rings. The first-order chi connectivity index (χ1) is 8.54. The predicted octanol–water partition coefficient (Wildman–Crippen LogP) is 2.05. The SMILES string of the molecule is COc1cncc(C(C)(O)c2ccc(O)cc2)c1. The highest BCUT2D eigenvalue weighted by Crippen LogP contribution is 2.31. The lowest BCUT2D eigenvalue weighted by Crippen LogP contribution is -2.22. The molecule has 1 aromatic carbocycles. The van der Waals surface area contributed by atoms with E-state index in [-0.39, 0.29) is 5.75 Å². The number of aromatic nitrogens is 1. The Morgan fingerprint density at radius 2 is 1.78 bits per heavy atom. The maximum Gasteiger partial charge on any atom is 0.137 e. The molecule has 0 bridgehead atoms. The van der Waals surface area contributed by atoms with Gasteiger partial charge in [0.2, 0.25) is 0 Å². The fraction of sp³-hybridized carbons (Fsp3) is 0.214. The van der Waals surface area contributed by atoms with Crippen molar-refractivity contribution >= 4 is 0 Å². The molecule has 0 amide bonds. The molecule has 4 nitrogen and oxygen atoms in total. The van der Waals surface area contributed by atoms with Crippen LogP contribution in [0.5, 0.6) is 11.5 Å². The summed E-state index contributed by atoms with van der Waals surface area (Å²) in [7, 11) is 1.55. The van der Waals surface area contributed by atoms with Gasteiger partial charge in [0.1, 0.15) is 17.1 Å². The second-order valence-electron chi connectivity index (χ2n) is 4.23. The third kappa shape index (κ3) is 2.28. The summed E-state index contributed by atoms with van der Waals surface area (Å²) in [5, 5.41) is 19.9. The Morgan fingerprint density at radius 1 is 1.11 bits per heavy atom. The molecule has 1 aromatic heterocycles. The number of phenols is 1. The van der Waals surface area contributed by atoms with Gasteiger partial charge < -0.3 is 14.9 Å². The molecule has 1 heterocycles. The van der Waals surface area contributed by atoms with Gasteiger partial charge in [-0.15, -0.1) is 0 Å². The molecule has 1 unspecified atom stereocenters. The first kappa shape index (κ1) is 12.4. The zero-order chi connectivity index (χ0) is 13.2. The lowest BCUT2D eigenvalue weighted by molar-refractivity contribution is 0.101. The maximum absolute atomic E-state index is 10.6. The van der Waals surface area contributed by atoms with E-state index in [1.165, 1.54) is 12.1 Å². The van der Waals surface area contributed by atoms with Crippen LogP contribution in [0.1, 0.15) is 18.1 Å². The van der Waals surface area contributed by atoms with Crippen molar-refractivity contribution in [3.8, 4) is 11.5 Å². The predicted molar refractivity (Wildman–Crippen MR) is 67.6 cm³/mol. The maximum atomic E-state index is 10.6. The molecule has 0 radical (unpaired) electrons. The Hall–Kier alpha value is -2.07. The Labute approximate surface area is 106 Å². The van der Waals surface area contributed by atoms with Crippen LogP contribution in [-0.4, -0.2) is 22.3 Å². The summed E-state index contributed by atoms with van der Waals surface area (Å²) < 4.78 is 5.09. The van der Waals surface area contributed by atoms with E-state index < -0.39 is 5.60 Å². The van der Waals surface area contributed by atoms with Crippen molar-refractivity contribution in [2.75, 3.05) is 7.11 Å². The fourth-order valence-electron chi connectivity index (χ4n) is 1.75. The molecule has 2 rings (SSSR count). The lowest BCUT2D eigenvalue weighted by atomic mass is 9.89. The zero-order valence-electron chi connectivity index (χ0n) is 10.3. The van der Waals surface area contributed by atoms with Crippen LogP contribution in [0.3, 0.4) is 0 Å². The van der Waals surface area contributed by atoms with Gasteiger partial charge in [0.25, 0.3) is 0 Å². The van der Waals surface area contributed by atoms with Gasteiger partial charge in [0.05, 0.1) is 13.3 Å². The molecule has 0 aliphatic carbocycles. The van der Waals surface area contributed by atoms with Gasteiger partial charge in [0, 0.05) is 11.8 Å². The van der Waals surface area contributed by atoms with E-state index in [1.54, 1.807) is 44.6 Å². The first-order valence-electron chi connectivity index (χ1n) is 5.55. The first-order valence-corrected chi connectivity index (χ1v) is 5.55. The van der Waals surface area contributed by atoms with Crippen LogP contribution < -0.4 is 4.74 Å². The summed E-state index contributed by atoms with van der Waals surface area (Å²) in [5.74, 6) is 0.755. The Balaban J connectivity index is 2.43. The van der Waals surface area contributed by atoms with Crippen LogP contribution in [0.4, 0.5) is 0 Å². The van der Waals surface area contributed by atoms with Gasteiger partial charge in [-0.05, 0) is 30.7 Å². The van der Waals surface area contributed by atoms with Gasteiger partial charge in [0.15, 0.2) is 0 Å². The molecule has 1 atom stereocenters. The third-order valence-corrected chi connectivity index (χ3v) is 2.94. The Kier molecular flexibility index (Phi) is 3.21. The quantitative estimate of drug-likeness (QED) is 0.868. The van der Waals surface area contributed by atoms with Crippen molar-refractivity contribution in [1.82, 2.24) is 4.98 Å². The summed E-state index contributed by atoms with van der Waals surface area (Å²) in [6, 6.07) is 8.16. The molecule has 0 aliphatic heterocycles. The number of phenolic OH excluding ortho intramolecular Hbond substituents is 1. The molecule has 0 saturated carbocycles. The summed E-state index contributed by atoms with van der Waals surface area (Å²) in [5.41, 5.74) is 0.123. The van der Waals surface area contributed by atoms with Crippen molar-refractivity contribution in [1.29, 1.82) is 0 Å². The smallest absolute Gasteiger partial charge is 0.137 e. The van der Waals surface area contributed by atoms with E-state index in [9.17, 15) is 10.2 Å². The van der Waals surface area contributed by atoms with Crippen LogP contribution in [0.25, 0.3) is 0 Å². The molecule has 0 saturated heterocycles. The fourth-order valence-corrected chi connectivity index (χ4v) is 1.75. The van der Waals surface area contributed by atoms with Gasteiger partial charge in [-0.25, -0.2) is 0 Å². The molecular formula is C14H15NO3. The number of pyridine rings is 1. The average molecular weight is 245 g/mol. The number of hydrogen-bond acceptors (Lipinski definition) is 4. The lowest BCUT2D eigenvalue weighted by Gasteiger charge is -2.24. The molecule has 18 heavy (non-hydrogen) atoms. The van der Waals surface area contributed by atoms with Crippen LogP contribution in [0.2, 0.25) is 0 Å². The zero-order valence-corrected chi connectivity index (χ0v) is 10.3. The van der Waals surface area contributed by atoms with Crippen molar-refractivity contribution in [3.63, 3.8) is 0 Å². The van der Waals surface area contributed by atoms with E-state index in [0.717, 1.165) is 0 Å². The van der Waals surface area contributed by atoms with E-state index in [2.05, 4.69) is 4.98 Å². The van der Waals surface area contributed by atoms with Gasteiger partial charge in [-0.3, -0.25) is 4.98 Å². The highest BCUT2D eigenvalue weighted by atomic mass is 16.5. The number of methoxy groups -OCH3 is 1. The molecule has 94 valence electrons. The highest BCUT2D eigenvalue weighted by molar-refractivity contribution is 5.38. The largest absolute Gasteiger partial charge is 0.508 e. The number of hydrogen-bond donors (Lipinski definition) is 2. The monoisotopic (exact) mass is 245 g/mol. The minimum atomic E-state index is -1.19. The van der Waals surface area contributed by atoms with Crippen molar-refractivity contribution < 1.29 is 14.9 Å². The normalized spacial score (nSPS) is 13.9. The number of aromatic hydroxyl groups is 1. The van der Waals surface area contributed by atoms with Gasteiger partial charge in [-0.2, -0.15) is 0 Å². The standard InChI is InChI=1S/C14H15NO3/c1-14(17,10-3-5-12(16)6-4-10)11-7-13(18-2)9-15-8-11/h3-9,16-17H,1-2H3. The summed E-state index contributed by atoms with van der Waals surface area (Å²) >= 11 is 0. The van der Waals surface area contributed by atoms with Crippen molar-refractivity contribution in [2.24, 2.45) is 0 Å². The number of benzene rings is 1. The molecule has 0 fully saturated rings. The van der Waals surface area contributed by atoms with E-state index in [4.69, 9.17) is 4.74 Å². The van der Waals surface area contributed by atoms with E-state index in [1.807, 2.05) is 0 Å². The van der Waals surface area contributed by atoms with Crippen molar-refractivity contribution in [2.45, 2.75) is 12.5 Å². The van der Waals surface area contributed by atoms with Crippen LogP contribution >= 0.6 is 0 Å². The molecule has 0 spiro atoms. The second kappa shape index (κ2) is 4.66. The number of rotatable bonds is 3. The third-order valence-electron chi connectivity index (χ3n) is 2.94. The molecular weight excluding hydrogens is 230 g/mol. The van der Waals surface area contributed by atoms with Crippen molar-refractivity contribution in [3.05, 3.63) is 53.9 Å². The molecule has 4 heteroatoms.